The zero-order valence-corrected chi connectivity index (χ0v) is 11.0. The summed E-state index contributed by atoms with van der Waals surface area (Å²) in [6.07, 6.45) is 1.31. The Morgan fingerprint density at radius 1 is 1.38 bits per heavy atom. The number of hydrogen-bond acceptors (Lipinski definition) is 3. The second kappa shape index (κ2) is 7.63. The van der Waals surface area contributed by atoms with Crippen LogP contribution in [-0.4, -0.2) is 31.2 Å². The van der Waals surface area contributed by atoms with Crippen LogP contribution in [0.2, 0.25) is 0 Å². The van der Waals surface area contributed by atoms with E-state index in [9.17, 15) is 4.79 Å². The van der Waals surface area contributed by atoms with E-state index in [1.165, 1.54) is 0 Å². The van der Waals surface area contributed by atoms with Crippen LogP contribution in [0.15, 0.2) is 0 Å². The first-order valence-corrected chi connectivity index (χ1v) is 6.11. The van der Waals surface area contributed by atoms with E-state index in [4.69, 9.17) is 10.5 Å². The first-order valence-electron chi connectivity index (χ1n) is 6.11. The molecule has 1 amide bonds. The molecule has 0 aliphatic heterocycles. The van der Waals surface area contributed by atoms with Gasteiger partial charge < -0.3 is 15.8 Å². The van der Waals surface area contributed by atoms with Gasteiger partial charge in [-0.15, -0.1) is 0 Å². The highest BCUT2D eigenvalue weighted by Crippen LogP contribution is 2.10. The number of carbonyl (C=O) groups excluding carboxylic acids is 1. The highest BCUT2D eigenvalue weighted by atomic mass is 16.5. The first kappa shape index (κ1) is 15.4. The number of nitrogens with one attached hydrogen (secondary N) is 1. The molecule has 0 aromatic heterocycles. The summed E-state index contributed by atoms with van der Waals surface area (Å²) in [6, 6.07) is 0. The monoisotopic (exact) mass is 230 g/mol. The van der Waals surface area contributed by atoms with Crippen molar-refractivity contribution in [1.82, 2.24) is 5.32 Å². The number of carbonyl (C=O) groups is 1. The summed E-state index contributed by atoms with van der Waals surface area (Å²) in [4.78, 5) is 11.7. The van der Waals surface area contributed by atoms with E-state index < -0.39 is 5.54 Å². The number of ether oxygens (including phenoxy) is 1. The van der Waals surface area contributed by atoms with E-state index in [0.717, 1.165) is 6.61 Å². The largest absolute Gasteiger partial charge is 0.379 e. The van der Waals surface area contributed by atoms with E-state index in [2.05, 4.69) is 19.2 Å². The molecule has 4 heteroatoms. The summed E-state index contributed by atoms with van der Waals surface area (Å²) in [5.74, 6) is 0.446. The molecule has 0 aliphatic carbocycles. The third-order valence-electron chi connectivity index (χ3n) is 2.70. The maximum Gasteiger partial charge on any atom is 0.240 e. The van der Waals surface area contributed by atoms with Crippen molar-refractivity contribution in [3.8, 4) is 0 Å². The lowest BCUT2D eigenvalue weighted by Crippen LogP contribution is -2.53. The summed E-state index contributed by atoms with van der Waals surface area (Å²) in [5, 5.41) is 2.81. The van der Waals surface area contributed by atoms with Crippen LogP contribution in [0.25, 0.3) is 0 Å². The van der Waals surface area contributed by atoms with Gasteiger partial charge in [-0.05, 0) is 18.8 Å². The van der Waals surface area contributed by atoms with Crippen LogP contribution in [0.3, 0.4) is 0 Å². The molecule has 96 valence electrons. The molecule has 0 aromatic rings. The second-order valence-corrected chi connectivity index (χ2v) is 4.59. The molecule has 0 aromatic carbocycles. The predicted molar refractivity (Wildman–Crippen MR) is 66.2 cm³/mol. The second-order valence-electron chi connectivity index (χ2n) is 4.59. The van der Waals surface area contributed by atoms with Gasteiger partial charge >= 0.3 is 0 Å². The van der Waals surface area contributed by atoms with Crippen molar-refractivity contribution in [2.45, 2.75) is 46.1 Å². The molecule has 4 nitrogen and oxygen atoms in total. The minimum absolute atomic E-state index is 0.0781. The number of amides is 1. The molecule has 0 rings (SSSR count). The zero-order valence-electron chi connectivity index (χ0n) is 11.0. The van der Waals surface area contributed by atoms with E-state index in [-0.39, 0.29) is 5.91 Å². The maximum atomic E-state index is 11.7. The Hall–Kier alpha value is -0.610. The Balaban J connectivity index is 3.73. The van der Waals surface area contributed by atoms with E-state index >= 15 is 0 Å². The molecule has 16 heavy (non-hydrogen) atoms. The predicted octanol–water partition coefficient (Wildman–Crippen LogP) is 1.29. The van der Waals surface area contributed by atoms with E-state index in [0.29, 0.717) is 31.9 Å². The van der Waals surface area contributed by atoms with E-state index in [1.807, 2.05) is 13.8 Å². The van der Waals surface area contributed by atoms with Gasteiger partial charge in [0.15, 0.2) is 0 Å². The molecule has 0 aliphatic rings. The third kappa shape index (κ3) is 5.47. The maximum absolute atomic E-state index is 11.7. The van der Waals surface area contributed by atoms with Crippen LogP contribution < -0.4 is 11.1 Å². The molecule has 0 bridgehead atoms. The number of rotatable bonds is 8. The average molecular weight is 230 g/mol. The third-order valence-corrected chi connectivity index (χ3v) is 2.70. The quantitative estimate of drug-likeness (QED) is 0.618. The molecule has 0 saturated carbocycles. The van der Waals surface area contributed by atoms with Crippen molar-refractivity contribution < 1.29 is 9.53 Å². The fourth-order valence-corrected chi connectivity index (χ4v) is 1.30. The van der Waals surface area contributed by atoms with Crippen molar-refractivity contribution in [2.75, 3.05) is 19.8 Å². The van der Waals surface area contributed by atoms with Gasteiger partial charge in [0.2, 0.25) is 5.91 Å². The molecule has 0 unspecified atom stereocenters. The van der Waals surface area contributed by atoms with Crippen molar-refractivity contribution in [1.29, 1.82) is 0 Å². The summed E-state index contributed by atoms with van der Waals surface area (Å²) in [5.41, 5.74) is 5.23. The fraction of sp³-hybridized carbons (Fsp3) is 0.917. The van der Waals surface area contributed by atoms with Crippen molar-refractivity contribution in [3.05, 3.63) is 0 Å². The summed E-state index contributed by atoms with van der Waals surface area (Å²) >= 11 is 0. The van der Waals surface area contributed by atoms with Crippen LogP contribution in [0, 0.1) is 5.92 Å². The molecular weight excluding hydrogens is 204 g/mol. The van der Waals surface area contributed by atoms with Gasteiger partial charge in [-0.3, -0.25) is 4.79 Å². The van der Waals surface area contributed by atoms with Crippen LogP contribution in [0.5, 0.6) is 0 Å². The SMILES string of the molecule is CCC(N)(CC)C(=O)NCCOCC(C)C. The minimum Gasteiger partial charge on any atom is -0.379 e. The Morgan fingerprint density at radius 2 is 1.94 bits per heavy atom. The normalized spacial score (nSPS) is 11.9. The topological polar surface area (TPSA) is 64.4 Å². The van der Waals surface area contributed by atoms with Gasteiger partial charge in [0.05, 0.1) is 12.1 Å². The summed E-state index contributed by atoms with van der Waals surface area (Å²) in [6.45, 7) is 9.86. The lowest BCUT2D eigenvalue weighted by Gasteiger charge is -2.25. The standard InChI is InChI=1S/C12H26N2O2/c1-5-12(13,6-2)11(15)14-7-8-16-9-10(3)4/h10H,5-9,13H2,1-4H3,(H,14,15). The Labute approximate surface area is 98.9 Å². The van der Waals surface area contributed by atoms with Crippen molar-refractivity contribution in [2.24, 2.45) is 11.7 Å². The summed E-state index contributed by atoms with van der Waals surface area (Å²) < 4.78 is 5.37. The van der Waals surface area contributed by atoms with Gasteiger partial charge in [0, 0.05) is 13.2 Å². The van der Waals surface area contributed by atoms with Gasteiger partial charge in [-0.1, -0.05) is 27.7 Å². The molecule has 0 fully saturated rings. The highest BCUT2D eigenvalue weighted by molar-refractivity contribution is 5.85. The lowest BCUT2D eigenvalue weighted by molar-refractivity contribution is -0.126. The van der Waals surface area contributed by atoms with Crippen molar-refractivity contribution in [3.63, 3.8) is 0 Å². The van der Waals surface area contributed by atoms with Gasteiger partial charge in [-0.25, -0.2) is 0 Å². The average Bonchev–Trinajstić information content (AvgIpc) is 2.26. The molecule has 0 saturated heterocycles. The van der Waals surface area contributed by atoms with Gasteiger partial charge in [0.1, 0.15) is 0 Å². The summed E-state index contributed by atoms with van der Waals surface area (Å²) in [7, 11) is 0. The van der Waals surface area contributed by atoms with E-state index in [1.54, 1.807) is 0 Å². The Morgan fingerprint density at radius 3 is 2.38 bits per heavy atom. The Bertz CT molecular complexity index is 201. The van der Waals surface area contributed by atoms with Crippen LogP contribution in [0.4, 0.5) is 0 Å². The molecule has 0 atom stereocenters. The molecular formula is C12H26N2O2. The van der Waals surface area contributed by atoms with Gasteiger partial charge in [0.25, 0.3) is 0 Å². The lowest BCUT2D eigenvalue weighted by atomic mass is 9.93. The first-order chi connectivity index (χ1) is 7.46. The Kier molecular flexibility index (Phi) is 7.34. The van der Waals surface area contributed by atoms with Crippen LogP contribution in [-0.2, 0) is 9.53 Å². The fourth-order valence-electron chi connectivity index (χ4n) is 1.30. The van der Waals surface area contributed by atoms with Gasteiger partial charge in [-0.2, -0.15) is 0 Å². The molecule has 0 heterocycles. The van der Waals surface area contributed by atoms with Crippen molar-refractivity contribution >= 4 is 5.91 Å². The minimum atomic E-state index is -0.724. The zero-order chi connectivity index (χ0) is 12.6. The number of nitrogens with two attached hydrogens (primary N) is 1. The smallest absolute Gasteiger partial charge is 0.240 e. The molecule has 0 radical (unpaired) electrons. The molecule has 3 N–H and O–H groups in total. The van der Waals surface area contributed by atoms with Crippen LogP contribution in [0.1, 0.15) is 40.5 Å². The van der Waals surface area contributed by atoms with Crippen LogP contribution >= 0.6 is 0 Å². The highest BCUT2D eigenvalue weighted by Gasteiger charge is 2.29. The number of hydrogen-bond donors (Lipinski definition) is 2. The molecule has 0 spiro atoms.